The molecule has 3 rings (SSSR count). The minimum atomic E-state index is 0. The molecule has 0 saturated carbocycles. The number of nitrogens with one attached hydrogen (secondary N) is 1. The van der Waals surface area contributed by atoms with Crippen LogP contribution in [0.5, 0.6) is 5.75 Å². The first-order chi connectivity index (χ1) is 13.1. The second kappa shape index (κ2) is 10.3. The number of benzene rings is 2. The zero-order chi connectivity index (χ0) is 19.2. The molecule has 1 N–H and O–H groups in total. The number of amides is 1. The maximum Gasteiger partial charge on any atom is 0.246 e. The van der Waals surface area contributed by atoms with Gasteiger partial charge in [0, 0.05) is 32.9 Å². The van der Waals surface area contributed by atoms with Crippen LogP contribution in [-0.2, 0) is 17.8 Å². The zero-order valence-electron chi connectivity index (χ0n) is 16.5. The van der Waals surface area contributed by atoms with Crippen molar-refractivity contribution in [3.8, 4) is 5.75 Å². The predicted octanol–water partition coefficient (Wildman–Crippen LogP) is 2.91. The Morgan fingerprint density at radius 1 is 1.21 bits per heavy atom. The maximum absolute atomic E-state index is 12.7. The van der Waals surface area contributed by atoms with Crippen LogP contribution in [0.4, 0.5) is 5.69 Å². The smallest absolute Gasteiger partial charge is 0.246 e. The standard InChI is InChI=1S/C21H26N4O2.HI/c1-22-21(24(2)15-16-8-10-18(27-3)11-9-16)23-14-20(26)25-13-12-17-6-4-5-7-19(17)25;/h4-11H,12-15H2,1-3H3,(H,22,23);1H. The summed E-state index contributed by atoms with van der Waals surface area (Å²) in [5, 5.41) is 3.18. The van der Waals surface area contributed by atoms with Crippen molar-refractivity contribution in [2.75, 3.05) is 39.2 Å². The van der Waals surface area contributed by atoms with Crippen molar-refractivity contribution in [3.05, 3.63) is 59.7 Å². The first-order valence-corrected chi connectivity index (χ1v) is 9.05. The quantitative estimate of drug-likeness (QED) is 0.395. The number of carbonyl (C=O) groups excluding carboxylic acids is 1. The Kier molecular flexibility index (Phi) is 8.10. The van der Waals surface area contributed by atoms with Gasteiger partial charge in [-0.2, -0.15) is 0 Å². The lowest BCUT2D eigenvalue weighted by molar-refractivity contribution is -0.117. The molecule has 0 unspecified atom stereocenters. The minimum absolute atomic E-state index is 0. The van der Waals surface area contributed by atoms with E-state index in [1.165, 1.54) is 5.56 Å². The van der Waals surface area contributed by atoms with Gasteiger partial charge in [-0.15, -0.1) is 24.0 Å². The number of methoxy groups -OCH3 is 1. The summed E-state index contributed by atoms with van der Waals surface area (Å²) >= 11 is 0. The first-order valence-electron chi connectivity index (χ1n) is 9.05. The second-order valence-electron chi connectivity index (χ2n) is 6.53. The van der Waals surface area contributed by atoms with E-state index in [1.807, 2.05) is 59.3 Å². The third kappa shape index (κ3) is 5.15. The van der Waals surface area contributed by atoms with Gasteiger partial charge in [-0.3, -0.25) is 9.79 Å². The molecule has 6 nitrogen and oxygen atoms in total. The average molecular weight is 494 g/mol. The third-order valence-corrected chi connectivity index (χ3v) is 4.74. The molecule has 0 fully saturated rings. The van der Waals surface area contributed by atoms with E-state index in [0.717, 1.165) is 30.0 Å². The Morgan fingerprint density at radius 2 is 1.93 bits per heavy atom. The number of hydrogen-bond acceptors (Lipinski definition) is 3. The van der Waals surface area contributed by atoms with E-state index < -0.39 is 0 Å². The largest absolute Gasteiger partial charge is 0.497 e. The van der Waals surface area contributed by atoms with Crippen molar-refractivity contribution in [1.82, 2.24) is 10.2 Å². The number of hydrogen-bond donors (Lipinski definition) is 1. The van der Waals surface area contributed by atoms with Crippen LogP contribution in [0.15, 0.2) is 53.5 Å². The van der Waals surface area contributed by atoms with Crippen LogP contribution in [0, 0.1) is 0 Å². The van der Waals surface area contributed by atoms with E-state index in [-0.39, 0.29) is 36.4 Å². The molecule has 0 saturated heterocycles. The fourth-order valence-corrected chi connectivity index (χ4v) is 3.31. The van der Waals surface area contributed by atoms with Gasteiger partial charge in [0.1, 0.15) is 5.75 Å². The number of aliphatic imine (C=N–C) groups is 1. The van der Waals surface area contributed by atoms with E-state index >= 15 is 0 Å². The van der Waals surface area contributed by atoms with Gasteiger partial charge in [0.2, 0.25) is 5.91 Å². The monoisotopic (exact) mass is 494 g/mol. The molecule has 1 aliphatic rings. The van der Waals surface area contributed by atoms with Crippen LogP contribution in [0.2, 0.25) is 0 Å². The van der Waals surface area contributed by atoms with Gasteiger partial charge < -0.3 is 19.9 Å². The van der Waals surface area contributed by atoms with E-state index in [0.29, 0.717) is 12.5 Å². The van der Waals surface area contributed by atoms with E-state index in [2.05, 4.69) is 16.4 Å². The number of carbonyl (C=O) groups is 1. The molecule has 7 heteroatoms. The van der Waals surface area contributed by atoms with Crippen LogP contribution in [0.1, 0.15) is 11.1 Å². The first kappa shape index (κ1) is 22.0. The summed E-state index contributed by atoms with van der Waals surface area (Å²) in [6.07, 6.45) is 0.911. The number of nitrogens with zero attached hydrogens (tertiary/aromatic N) is 3. The van der Waals surface area contributed by atoms with Gasteiger partial charge in [-0.05, 0) is 35.7 Å². The van der Waals surface area contributed by atoms with Gasteiger partial charge in [0.05, 0.1) is 13.7 Å². The minimum Gasteiger partial charge on any atom is -0.497 e. The molecule has 1 heterocycles. The Balaban J connectivity index is 0.00000280. The summed E-state index contributed by atoms with van der Waals surface area (Å²) in [6, 6.07) is 16.0. The van der Waals surface area contributed by atoms with Crippen molar-refractivity contribution in [1.29, 1.82) is 0 Å². The Labute approximate surface area is 183 Å². The van der Waals surface area contributed by atoms with Gasteiger partial charge in [0.25, 0.3) is 0 Å². The highest BCUT2D eigenvalue weighted by Crippen LogP contribution is 2.27. The number of para-hydroxylation sites is 1. The lowest BCUT2D eigenvalue weighted by Crippen LogP contribution is -2.44. The van der Waals surface area contributed by atoms with E-state index in [9.17, 15) is 4.79 Å². The molecule has 150 valence electrons. The molecule has 0 bridgehead atoms. The van der Waals surface area contributed by atoms with Crippen LogP contribution in [0.25, 0.3) is 0 Å². The number of rotatable bonds is 5. The van der Waals surface area contributed by atoms with E-state index in [1.54, 1.807) is 14.2 Å². The molecule has 1 aliphatic heterocycles. The van der Waals surface area contributed by atoms with Gasteiger partial charge in [0.15, 0.2) is 5.96 Å². The van der Waals surface area contributed by atoms with Crippen LogP contribution in [0.3, 0.4) is 0 Å². The zero-order valence-corrected chi connectivity index (χ0v) is 18.8. The number of halogens is 1. The molecule has 0 spiro atoms. The van der Waals surface area contributed by atoms with Crippen molar-refractivity contribution in [2.45, 2.75) is 13.0 Å². The van der Waals surface area contributed by atoms with Gasteiger partial charge in [-0.25, -0.2) is 0 Å². The molecule has 2 aromatic rings. The second-order valence-corrected chi connectivity index (χ2v) is 6.53. The fraction of sp³-hybridized carbons (Fsp3) is 0.333. The van der Waals surface area contributed by atoms with Crippen molar-refractivity contribution in [3.63, 3.8) is 0 Å². The summed E-state index contributed by atoms with van der Waals surface area (Å²) in [6.45, 7) is 1.64. The number of anilines is 1. The van der Waals surface area contributed by atoms with Crippen molar-refractivity contribution < 1.29 is 9.53 Å². The Morgan fingerprint density at radius 3 is 2.61 bits per heavy atom. The lowest BCUT2D eigenvalue weighted by Gasteiger charge is -2.23. The fourth-order valence-electron chi connectivity index (χ4n) is 3.31. The van der Waals surface area contributed by atoms with Crippen LogP contribution >= 0.6 is 24.0 Å². The van der Waals surface area contributed by atoms with Gasteiger partial charge >= 0.3 is 0 Å². The average Bonchev–Trinajstić information content (AvgIpc) is 3.13. The molecule has 0 aromatic heterocycles. The third-order valence-electron chi connectivity index (χ3n) is 4.74. The van der Waals surface area contributed by atoms with Crippen LogP contribution < -0.4 is 15.0 Å². The predicted molar refractivity (Wildman–Crippen MR) is 124 cm³/mol. The molecule has 1 amide bonds. The maximum atomic E-state index is 12.7. The summed E-state index contributed by atoms with van der Waals surface area (Å²) in [4.78, 5) is 20.8. The highest BCUT2D eigenvalue weighted by Gasteiger charge is 2.24. The summed E-state index contributed by atoms with van der Waals surface area (Å²) in [5.74, 6) is 1.57. The van der Waals surface area contributed by atoms with Crippen molar-refractivity contribution in [2.24, 2.45) is 4.99 Å². The molecule has 28 heavy (non-hydrogen) atoms. The number of ether oxygens (including phenoxy) is 1. The Bertz CT molecular complexity index is 823. The van der Waals surface area contributed by atoms with E-state index in [4.69, 9.17) is 4.74 Å². The molecule has 0 radical (unpaired) electrons. The summed E-state index contributed by atoms with van der Waals surface area (Å²) < 4.78 is 5.19. The highest BCUT2D eigenvalue weighted by atomic mass is 127. The molecule has 0 atom stereocenters. The highest BCUT2D eigenvalue weighted by molar-refractivity contribution is 14.0. The number of fused-ring (bicyclic) bond motifs is 1. The van der Waals surface area contributed by atoms with Crippen LogP contribution in [-0.4, -0.2) is 51.1 Å². The molecule has 2 aromatic carbocycles. The van der Waals surface area contributed by atoms with Crippen molar-refractivity contribution >= 4 is 41.5 Å². The summed E-state index contributed by atoms with van der Waals surface area (Å²) in [5.41, 5.74) is 3.39. The Hall–Kier alpha value is -2.29. The lowest BCUT2D eigenvalue weighted by atomic mass is 10.2. The SMILES string of the molecule is CN=C(NCC(=O)N1CCc2ccccc21)N(C)Cc1ccc(OC)cc1.I. The number of guanidine groups is 1. The normalized spacial score (nSPS) is 12.8. The molecular formula is C21H27IN4O2. The molecular weight excluding hydrogens is 467 g/mol. The summed E-state index contributed by atoms with van der Waals surface area (Å²) in [7, 11) is 5.33. The molecule has 0 aliphatic carbocycles. The van der Waals surface area contributed by atoms with Gasteiger partial charge in [-0.1, -0.05) is 30.3 Å². The topological polar surface area (TPSA) is 57.2 Å².